The van der Waals surface area contributed by atoms with Gasteiger partial charge in [0.15, 0.2) is 6.61 Å². The van der Waals surface area contributed by atoms with Crippen LogP contribution in [0.4, 0.5) is 0 Å². The number of allylic oxidation sites excluding steroid dienone is 2. The predicted octanol–water partition coefficient (Wildman–Crippen LogP) is 2.93. The molecule has 0 radical (unpaired) electrons. The summed E-state index contributed by atoms with van der Waals surface area (Å²) in [7, 11) is 0. The molecule has 0 aliphatic heterocycles. The maximum Gasteiger partial charge on any atom is 0.277 e. The quantitative estimate of drug-likeness (QED) is 0.861. The van der Waals surface area contributed by atoms with Gasteiger partial charge >= 0.3 is 0 Å². The van der Waals surface area contributed by atoms with Crippen molar-refractivity contribution in [2.24, 2.45) is 5.10 Å². The number of hydrogen-bond acceptors (Lipinski definition) is 3. The van der Waals surface area contributed by atoms with Gasteiger partial charge in [0.2, 0.25) is 0 Å². The zero-order chi connectivity index (χ0) is 13.7. The van der Waals surface area contributed by atoms with E-state index in [2.05, 4.69) is 10.5 Å². The first kappa shape index (κ1) is 13.6. The maximum atomic E-state index is 11.5. The van der Waals surface area contributed by atoms with Crippen LogP contribution >= 0.6 is 11.6 Å². The second-order valence-electron chi connectivity index (χ2n) is 4.37. The number of halogens is 1. The molecule has 5 heteroatoms. The van der Waals surface area contributed by atoms with Crippen molar-refractivity contribution in [3.05, 3.63) is 40.9 Å². The number of benzene rings is 1. The lowest BCUT2D eigenvalue weighted by Gasteiger charge is -2.05. The zero-order valence-corrected chi connectivity index (χ0v) is 11.4. The molecule has 1 aliphatic carbocycles. The molecular weight excluding hydrogens is 264 g/mol. The van der Waals surface area contributed by atoms with Crippen LogP contribution in [0, 0.1) is 0 Å². The van der Waals surface area contributed by atoms with Crippen molar-refractivity contribution >= 4 is 23.2 Å². The van der Waals surface area contributed by atoms with Gasteiger partial charge in [0, 0.05) is 5.02 Å². The van der Waals surface area contributed by atoms with E-state index in [4.69, 9.17) is 16.3 Å². The van der Waals surface area contributed by atoms with Crippen LogP contribution in [-0.4, -0.2) is 18.2 Å². The molecule has 0 aromatic heterocycles. The summed E-state index contributed by atoms with van der Waals surface area (Å²) in [6.45, 7) is 1.98. The molecule has 0 heterocycles. The average molecular weight is 279 g/mol. The molecule has 0 saturated carbocycles. The number of nitrogens with zero attached hydrogens (tertiary/aromatic N) is 1. The largest absolute Gasteiger partial charge is 0.484 e. The monoisotopic (exact) mass is 278 g/mol. The predicted molar refractivity (Wildman–Crippen MR) is 75.5 cm³/mol. The van der Waals surface area contributed by atoms with E-state index in [1.165, 1.54) is 5.57 Å². The summed E-state index contributed by atoms with van der Waals surface area (Å²) < 4.78 is 5.30. The Morgan fingerprint density at radius 2 is 2.11 bits per heavy atom. The second-order valence-corrected chi connectivity index (χ2v) is 4.81. The number of nitrogens with one attached hydrogen (secondary N) is 1. The summed E-state index contributed by atoms with van der Waals surface area (Å²) in [5.74, 6) is 0.323. The molecule has 0 unspecified atom stereocenters. The molecule has 4 nitrogen and oxygen atoms in total. The number of rotatable bonds is 4. The summed E-state index contributed by atoms with van der Waals surface area (Å²) >= 11 is 5.75. The summed E-state index contributed by atoms with van der Waals surface area (Å²) in [6, 6.07) is 6.84. The van der Waals surface area contributed by atoms with Gasteiger partial charge < -0.3 is 4.74 Å². The van der Waals surface area contributed by atoms with E-state index in [9.17, 15) is 4.79 Å². The summed E-state index contributed by atoms with van der Waals surface area (Å²) in [5.41, 5.74) is 4.66. The van der Waals surface area contributed by atoms with Gasteiger partial charge in [-0.1, -0.05) is 17.2 Å². The Kier molecular flexibility index (Phi) is 4.58. The Bertz CT molecular complexity index is 521. The molecule has 1 aromatic carbocycles. The molecule has 2 rings (SSSR count). The highest BCUT2D eigenvalue weighted by molar-refractivity contribution is 6.30. The van der Waals surface area contributed by atoms with Crippen molar-refractivity contribution < 1.29 is 9.53 Å². The van der Waals surface area contributed by atoms with Gasteiger partial charge in [-0.05, 0) is 50.1 Å². The Balaban J connectivity index is 1.77. The van der Waals surface area contributed by atoms with Gasteiger partial charge in [0.25, 0.3) is 5.91 Å². The molecule has 0 fully saturated rings. The van der Waals surface area contributed by atoms with E-state index >= 15 is 0 Å². The highest BCUT2D eigenvalue weighted by Gasteiger charge is 2.07. The fourth-order valence-corrected chi connectivity index (χ4v) is 1.81. The van der Waals surface area contributed by atoms with Gasteiger partial charge in [-0.3, -0.25) is 4.79 Å². The van der Waals surface area contributed by atoms with Crippen LogP contribution in [0.3, 0.4) is 0 Å². The molecule has 1 amide bonds. The van der Waals surface area contributed by atoms with Crippen LogP contribution < -0.4 is 10.2 Å². The van der Waals surface area contributed by atoms with Crippen LogP contribution in [0.1, 0.15) is 19.8 Å². The first-order valence-electron chi connectivity index (χ1n) is 6.04. The summed E-state index contributed by atoms with van der Waals surface area (Å²) in [4.78, 5) is 11.5. The van der Waals surface area contributed by atoms with Crippen LogP contribution in [0.15, 0.2) is 41.0 Å². The minimum atomic E-state index is -0.277. The molecule has 0 saturated heterocycles. The third-order valence-corrected chi connectivity index (χ3v) is 2.95. The molecular formula is C14H15ClN2O2. The number of amides is 1. The lowest BCUT2D eigenvalue weighted by atomic mass is 10.3. The van der Waals surface area contributed by atoms with E-state index in [1.54, 1.807) is 24.3 Å². The van der Waals surface area contributed by atoms with Crippen molar-refractivity contribution in [1.29, 1.82) is 0 Å². The summed E-state index contributed by atoms with van der Waals surface area (Å²) in [5, 5.41) is 4.67. The van der Waals surface area contributed by atoms with Gasteiger partial charge in [0.05, 0.1) is 5.71 Å². The fourth-order valence-electron chi connectivity index (χ4n) is 1.69. The van der Waals surface area contributed by atoms with Crippen molar-refractivity contribution in [3.63, 3.8) is 0 Å². The molecule has 1 aliphatic rings. The standard InChI is InChI=1S/C14H15ClN2O2/c1-10-2-5-12(8-10)16-17-14(18)9-19-13-6-3-11(15)4-7-13/h3-4,6-8H,2,5,9H2,1H3,(H,17,18)/b16-12-. The molecule has 0 bridgehead atoms. The normalized spacial score (nSPS) is 16.3. The van der Waals surface area contributed by atoms with E-state index in [1.807, 2.05) is 13.0 Å². The first-order chi connectivity index (χ1) is 9.13. The van der Waals surface area contributed by atoms with E-state index < -0.39 is 0 Å². The third-order valence-electron chi connectivity index (χ3n) is 2.70. The third kappa shape index (κ3) is 4.41. The van der Waals surface area contributed by atoms with Crippen LogP contribution in [0.5, 0.6) is 5.75 Å². The molecule has 19 heavy (non-hydrogen) atoms. The van der Waals surface area contributed by atoms with Crippen molar-refractivity contribution in [2.75, 3.05) is 6.61 Å². The average Bonchev–Trinajstić information content (AvgIpc) is 2.81. The Morgan fingerprint density at radius 1 is 1.37 bits per heavy atom. The van der Waals surface area contributed by atoms with Gasteiger partial charge in [-0.25, -0.2) is 5.43 Å². The van der Waals surface area contributed by atoms with Crippen LogP contribution in [-0.2, 0) is 4.79 Å². The number of ether oxygens (including phenoxy) is 1. The second kappa shape index (κ2) is 6.38. The number of hydrazone groups is 1. The Hall–Kier alpha value is -1.81. The zero-order valence-electron chi connectivity index (χ0n) is 10.6. The Morgan fingerprint density at radius 3 is 2.74 bits per heavy atom. The molecule has 0 spiro atoms. The summed E-state index contributed by atoms with van der Waals surface area (Å²) in [6.07, 6.45) is 3.88. The number of hydrogen-bond donors (Lipinski definition) is 1. The van der Waals surface area contributed by atoms with Crippen molar-refractivity contribution in [1.82, 2.24) is 5.43 Å². The highest BCUT2D eigenvalue weighted by Crippen LogP contribution is 2.15. The molecule has 1 N–H and O–H groups in total. The van der Waals surface area contributed by atoms with Crippen molar-refractivity contribution in [3.8, 4) is 5.75 Å². The topological polar surface area (TPSA) is 50.7 Å². The van der Waals surface area contributed by atoms with Gasteiger partial charge in [-0.15, -0.1) is 0 Å². The maximum absolute atomic E-state index is 11.5. The van der Waals surface area contributed by atoms with Crippen LogP contribution in [0.25, 0.3) is 0 Å². The number of carbonyl (C=O) groups is 1. The highest BCUT2D eigenvalue weighted by atomic mass is 35.5. The first-order valence-corrected chi connectivity index (χ1v) is 6.42. The van der Waals surface area contributed by atoms with Gasteiger partial charge in [0.1, 0.15) is 5.75 Å². The smallest absolute Gasteiger partial charge is 0.277 e. The van der Waals surface area contributed by atoms with E-state index in [0.717, 1.165) is 18.6 Å². The fraction of sp³-hybridized carbons (Fsp3) is 0.286. The van der Waals surface area contributed by atoms with Gasteiger partial charge in [-0.2, -0.15) is 5.10 Å². The molecule has 0 atom stereocenters. The SMILES string of the molecule is CC1=C/C(=N\NC(=O)COc2ccc(Cl)cc2)CC1. The van der Waals surface area contributed by atoms with Crippen molar-refractivity contribution in [2.45, 2.75) is 19.8 Å². The molecule has 1 aromatic rings. The van der Waals surface area contributed by atoms with E-state index in [-0.39, 0.29) is 12.5 Å². The minimum Gasteiger partial charge on any atom is -0.484 e. The minimum absolute atomic E-state index is 0.0683. The lowest BCUT2D eigenvalue weighted by Crippen LogP contribution is -2.25. The molecule has 100 valence electrons. The number of carbonyl (C=O) groups excluding carboxylic acids is 1. The lowest BCUT2D eigenvalue weighted by molar-refractivity contribution is -0.123. The van der Waals surface area contributed by atoms with E-state index in [0.29, 0.717) is 10.8 Å². The Labute approximate surface area is 117 Å². The van der Waals surface area contributed by atoms with Crippen LogP contribution in [0.2, 0.25) is 5.02 Å².